The summed E-state index contributed by atoms with van der Waals surface area (Å²) >= 11 is 0. The third-order valence-corrected chi connectivity index (χ3v) is 4.75. The van der Waals surface area contributed by atoms with E-state index in [0.29, 0.717) is 12.0 Å². The molecule has 0 aliphatic carbocycles. The van der Waals surface area contributed by atoms with E-state index in [-0.39, 0.29) is 17.2 Å². The predicted octanol–water partition coefficient (Wildman–Crippen LogP) is 0.736. The van der Waals surface area contributed by atoms with Gasteiger partial charge in [0.1, 0.15) is 0 Å². The van der Waals surface area contributed by atoms with Gasteiger partial charge in [-0.3, -0.25) is 4.79 Å². The van der Waals surface area contributed by atoms with Gasteiger partial charge in [-0.05, 0) is 43.8 Å². The highest BCUT2D eigenvalue weighted by atomic mass is 16.1. The van der Waals surface area contributed by atoms with Gasteiger partial charge in [0.05, 0.1) is 0 Å². The highest BCUT2D eigenvalue weighted by Crippen LogP contribution is 2.29. The van der Waals surface area contributed by atoms with Crippen LogP contribution in [-0.2, 0) is 4.79 Å². The van der Waals surface area contributed by atoms with Crippen molar-refractivity contribution in [2.24, 2.45) is 17.3 Å². The largest absolute Gasteiger partial charge is 0.354 e. The average molecular weight is 253 g/mol. The Bertz CT molecular complexity index is 299. The fourth-order valence-electron chi connectivity index (χ4n) is 2.86. The monoisotopic (exact) mass is 253 g/mol. The Morgan fingerprint density at radius 1 is 1.44 bits per heavy atom. The lowest BCUT2D eigenvalue weighted by Gasteiger charge is -2.40. The second kappa shape index (κ2) is 5.57. The Morgan fingerprint density at radius 2 is 2.17 bits per heavy atom. The molecule has 18 heavy (non-hydrogen) atoms. The maximum absolute atomic E-state index is 12.1. The van der Waals surface area contributed by atoms with Crippen LogP contribution in [0.4, 0.5) is 0 Å². The van der Waals surface area contributed by atoms with Crippen LogP contribution in [0.2, 0.25) is 0 Å². The molecule has 0 bridgehead atoms. The van der Waals surface area contributed by atoms with Crippen LogP contribution in [0.5, 0.6) is 0 Å². The summed E-state index contributed by atoms with van der Waals surface area (Å²) in [6.07, 6.45) is 2.48. The highest BCUT2D eigenvalue weighted by molar-refractivity contribution is 5.78. The minimum atomic E-state index is 0.137. The molecular formula is C14H27N3O. The molecule has 2 fully saturated rings. The molecule has 2 atom stereocenters. The summed E-state index contributed by atoms with van der Waals surface area (Å²) in [6.45, 7) is 10.4. The molecule has 1 amide bonds. The zero-order valence-electron chi connectivity index (χ0n) is 11.9. The molecule has 104 valence electrons. The van der Waals surface area contributed by atoms with Gasteiger partial charge < -0.3 is 16.0 Å². The minimum absolute atomic E-state index is 0.137. The van der Waals surface area contributed by atoms with Crippen molar-refractivity contribution in [2.75, 3.05) is 26.2 Å². The molecule has 3 N–H and O–H groups in total. The van der Waals surface area contributed by atoms with Gasteiger partial charge in [-0.25, -0.2) is 0 Å². The second-order valence-electron chi connectivity index (χ2n) is 6.55. The van der Waals surface area contributed by atoms with Crippen LogP contribution in [0.1, 0.15) is 33.6 Å². The normalized spacial score (nSPS) is 29.4. The number of nitrogens with one attached hydrogen (secondary N) is 3. The van der Waals surface area contributed by atoms with Crippen LogP contribution >= 0.6 is 0 Å². The molecule has 0 radical (unpaired) electrons. The summed E-state index contributed by atoms with van der Waals surface area (Å²) < 4.78 is 0. The summed E-state index contributed by atoms with van der Waals surface area (Å²) in [5, 5.41) is 9.88. The molecule has 2 heterocycles. The van der Waals surface area contributed by atoms with Crippen LogP contribution in [0.15, 0.2) is 0 Å². The summed E-state index contributed by atoms with van der Waals surface area (Å²) in [7, 11) is 0. The van der Waals surface area contributed by atoms with Crippen molar-refractivity contribution in [3.05, 3.63) is 0 Å². The van der Waals surface area contributed by atoms with Crippen LogP contribution in [0.3, 0.4) is 0 Å². The van der Waals surface area contributed by atoms with Gasteiger partial charge in [-0.15, -0.1) is 0 Å². The van der Waals surface area contributed by atoms with Gasteiger partial charge >= 0.3 is 0 Å². The summed E-state index contributed by atoms with van der Waals surface area (Å²) in [5.74, 6) is 0.875. The maximum atomic E-state index is 12.1. The number of hydrogen-bond acceptors (Lipinski definition) is 3. The van der Waals surface area contributed by atoms with E-state index in [1.165, 1.54) is 12.8 Å². The van der Waals surface area contributed by atoms with E-state index < -0.39 is 0 Å². The van der Waals surface area contributed by atoms with Crippen molar-refractivity contribution in [1.82, 2.24) is 16.0 Å². The Balaban J connectivity index is 1.77. The van der Waals surface area contributed by atoms with Crippen LogP contribution < -0.4 is 16.0 Å². The number of amides is 1. The van der Waals surface area contributed by atoms with E-state index in [0.717, 1.165) is 26.2 Å². The first-order chi connectivity index (χ1) is 8.50. The second-order valence-corrected chi connectivity index (χ2v) is 6.55. The number of carbonyl (C=O) groups excluding carboxylic acids is 1. The first-order valence-corrected chi connectivity index (χ1v) is 7.22. The zero-order valence-corrected chi connectivity index (χ0v) is 11.9. The van der Waals surface area contributed by atoms with Crippen molar-refractivity contribution in [3.8, 4) is 0 Å². The molecule has 0 aromatic rings. The van der Waals surface area contributed by atoms with Gasteiger partial charge in [0, 0.05) is 18.5 Å². The van der Waals surface area contributed by atoms with Crippen molar-refractivity contribution in [1.29, 1.82) is 0 Å². The smallest absolute Gasteiger partial charge is 0.223 e. The van der Waals surface area contributed by atoms with E-state index in [4.69, 9.17) is 0 Å². The molecule has 0 aromatic carbocycles. The van der Waals surface area contributed by atoms with Crippen molar-refractivity contribution in [2.45, 2.75) is 39.7 Å². The number of rotatable bonds is 4. The van der Waals surface area contributed by atoms with Crippen molar-refractivity contribution < 1.29 is 4.79 Å². The molecule has 2 unspecified atom stereocenters. The molecular weight excluding hydrogens is 226 g/mol. The Kier molecular flexibility index (Phi) is 4.28. The van der Waals surface area contributed by atoms with Crippen LogP contribution in [-0.4, -0.2) is 38.1 Å². The van der Waals surface area contributed by atoms with Crippen LogP contribution in [0, 0.1) is 17.3 Å². The summed E-state index contributed by atoms with van der Waals surface area (Å²) in [4.78, 5) is 12.1. The summed E-state index contributed by atoms with van der Waals surface area (Å²) in [5.41, 5.74) is 0.285. The lowest BCUT2D eigenvalue weighted by atomic mass is 9.77. The van der Waals surface area contributed by atoms with E-state index >= 15 is 0 Å². The predicted molar refractivity (Wildman–Crippen MR) is 73.3 cm³/mol. The first kappa shape index (κ1) is 13.8. The number of carbonyl (C=O) groups is 1. The third-order valence-electron chi connectivity index (χ3n) is 4.75. The van der Waals surface area contributed by atoms with Crippen molar-refractivity contribution >= 4 is 5.91 Å². The average Bonchev–Trinajstić information content (AvgIpc) is 2.24. The third kappa shape index (κ3) is 3.04. The standard InChI is InChI=1S/C14H27N3O/c1-10(11-7-15-8-11)13(18)17-9-12-14(2,3)5-4-6-16-12/h10-12,15-16H,4-9H2,1-3H3,(H,17,18). The molecule has 4 heteroatoms. The molecule has 2 aliphatic heterocycles. The van der Waals surface area contributed by atoms with Gasteiger partial charge in [0.2, 0.25) is 5.91 Å². The zero-order chi connectivity index (χ0) is 13.2. The summed E-state index contributed by atoms with van der Waals surface area (Å²) in [6, 6.07) is 0.405. The topological polar surface area (TPSA) is 53.2 Å². The minimum Gasteiger partial charge on any atom is -0.354 e. The highest BCUT2D eigenvalue weighted by Gasteiger charge is 2.33. The molecule has 0 spiro atoms. The Hall–Kier alpha value is -0.610. The molecule has 0 aromatic heterocycles. The molecule has 2 aliphatic rings. The Morgan fingerprint density at radius 3 is 2.72 bits per heavy atom. The van der Waals surface area contributed by atoms with E-state index in [1.807, 2.05) is 6.92 Å². The lowest BCUT2D eigenvalue weighted by molar-refractivity contribution is -0.126. The van der Waals surface area contributed by atoms with E-state index in [1.54, 1.807) is 0 Å². The lowest BCUT2D eigenvalue weighted by Crippen LogP contribution is -2.55. The first-order valence-electron chi connectivity index (χ1n) is 7.22. The van der Waals surface area contributed by atoms with Crippen molar-refractivity contribution in [3.63, 3.8) is 0 Å². The van der Waals surface area contributed by atoms with E-state index in [2.05, 4.69) is 29.8 Å². The molecule has 2 saturated heterocycles. The number of hydrogen-bond donors (Lipinski definition) is 3. The molecule has 4 nitrogen and oxygen atoms in total. The fourth-order valence-corrected chi connectivity index (χ4v) is 2.86. The fraction of sp³-hybridized carbons (Fsp3) is 0.929. The molecule has 2 rings (SSSR count). The Labute approximate surface area is 110 Å². The van der Waals surface area contributed by atoms with Gasteiger partial charge in [0.25, 0.3) is 0 Å². The quantitative estimate of drug-likeness (QED) is 0.692. The van der Waals surface area contributed by atoms with Gasteiger partial charge in [-0.1, -0.05) is 20.8 Å². The number of piperidine rings is 1. The maximum Gasteiger partial charge on any atom is 0.223 e. The van der Waals surface area contributed by atoms with Gasteiger partial charge in [0.15, 0.2) is 0 Å². The van der Waals surface area contributed by atoms with Gasteiger partial charge in [-0.2, -0.15) is 0 Å². The van der Waals surface area contributed by atoms with Crippen LogP contribution in [0.25, 0.3) is 0 Å². The molecule has 0 saturated carbocycles. The van der Waals surface area contributed by atoms with E-state index in [9.17, 15) is 4.79 Å². The SMILES string of the molecule is CC(C(=O)NCC1NCCCC1(C)C)C1CNC1.